The lowest BCUT2D eigenvalue weighted by Crippen LogP contribution is -2.52. The molecule has 2 heterocycles. The minimum atomic E-state index is -0.688. The Bertz CT molecular complexity index is 950. The van der Waals surface area contributed by atoms with E-state index in [0.29, 0.717) is 11.4 Å². The highest BCUT2D eigenvalue weighted by Crippen LogP contribution is 2.34. The van der Waals surface area contributed by atoms with Crippen molar-refractivity contribution in [3.05, 3.63) is 60.2 Å². The van der Waals surface area contributed by atoms with Crippen molar-refractivity contribution in [3.8, 4) is 11.5 Å². The second kappa shape index (κ2) is 9.03. The van der Waals surface area contributed by atoms with Crippen molar-refractivity contribution in [2.75, 3.05) is 31.6 Å². The molecule has 0 bridgehead atoms. The van der Waals surface area contributed by atoms with Gasteiger partial charge in [-0.1, -0.05) is 24.3 Å². The Hall–Kier alpha value is -3.28. The third-order valence-corrected chi connectivity index (χ3v) is 5.50. The zero-order valence-electron chi connectivity index (χ0n) is 17.1. The van der Waals surface area contributed by atoms with Crippen molar-refractivity contribution < 1.29 is 19.1 Å². The molecule has 6 heteroatoms. The SMILES string of the molecule is COc1cccc(/C=C/C(=O)N2C[C@@H](C(=O)N3CCCCC3)Oc3ccccc32)c1. The minimum absolute atomic E-state index is 0.0428. The normalized spacial score (nSPS) is 18.6. The molecule has 1 saturated heterocycles. The lowest BCUT2D eigenvalue weighted by molar-refractivity contribution is -0.139. The van der Waals surface area contributed by atoms with Crippen molar-refractivity contribution in [2.24, 2.45) is 0 Å². The highest BCUT2D eigenvalue weighted by molar-refractivity contribution is 6.05. The van der Waals surface area contributed by atoms with E-state index in [-0.39, 0.29) is 18.4 Å². The number of methoxy groups -OCH3 is 1. The van der Waals surface area contributed by atoms with Gasteiger partial charge in [0.15, 0.2) is 6.10 Å². The first-order valence-electron chi connectivity index (χ1n) is 10.3. The van der Waals surface area contributed by atoms with Gasteiger partial charge in [0.2, 0.25) is 0 Å². The summed E-state index contributed by atoms with van der Waals surface area (Å²) in [6, 6.07) is 14.9. The standard InChI is InChI=1S/C24H26N2O4/c1-29-19-9-7-8-18(16-19)12-13-23(27)26-17-22(24(28)25-14-5-2-6-15-25)30-21-11-4-3-10-20(21)26/h3-4,7-13,16,22H,2,5-6,14-15,17H2,1H3/b13-12+/t22-/m0/s1. The highest BCUT2D eigenvalue weighted by Gasteiger charge is 2.35. The number of nitrogens with zero attached hydrogens (tertiary/aromatic N) is 2. The molecule has 2 aromatic rings. The van der Waals surface area contributed by atoms with Crippen LogP contribution < -0.4 is 14.4 Å². The Balaban J connectivity index is 1.55. The fraction of sp³-hybridized carbons (Fsp3) is 0.333. The molecule has 0 N–H and O–H groups in total. The van der Waals surface area contributed by atoms with Crippen molar-refractivity contribution in [3.63, 3.8) is 0 Å². The van der Waals surface area contributed by atoms with Crippen LogP contribution in [0.4, 0.5) is 5.69 Å². The molecule has 0 aliphatic carbocycles. The van der Waals surface area contributed by atoms with Crippen LogP contribution in [0.2, 0.25) is 0 Å². The summed E-state index contributed by atoms with van der Waals surface area (Å²) in [5.41, 5.74) is 1.55. The molecule has 2 aliphatic heterocycles. The maximum Gasteiger partial charge on any atom is 0.265 e. The molecule has 156 valence electrons. The minimum Gasteiger partial charge on any atom is -0.497 e. The first kappa shape index (κ1) is 20.0. The van der Waals surface area contributed by atoms with Crippen LogP contribution in [0.1, 0.15) is 24.8 Å². The van der Waals surface area contributed by atoms with Gasteiger partial charge in [0.25, 0.3) is 11.8 Å². The Morgan fingerprint density at radius 1 is 1.07 bits per heavy atom. The van der Waals surface area contributed by atoms with E-state index in [4.69, 9.17) is 9.47 Å². The fourth-order valence-electron chi connectivity index (χ4n) is 3.89. The number of anilines is 1. The number of hydrogen-bond acceptors (Lipinski definition) is 4. The number of ether oxygens (including phenoxy) is 2. The average Bonchev–Trinajstić information content (AvgIpc) is 2.82. The van der Waals surface area contributed by atoms with Gasteiger partial charge in [0, 0.05) is 19.2 Å². The summed E-state index contributed by atoms with van der Waals surface area (Å²) in [5.74, 6) is 1.06. The molecule has 6 nitrogen and oxygen atoms in total. The van der Waals surface area contributed by atoms with E-state index in [1.54, 1.807) is 24.2 Å². The molecule has 2 aromatic carbocycles. The third kappa shape index (κ3) is 4.32. The molecule has 1 atom stereocenters. The first-order chi connectivity index (χ1) is 14.7. The van der Waals surface area contributed by atoms with Gasteiger partial charge in [0.1, 0.15) is 11.5 Å². The zero-order chi connectivity index (χ0) is 20.9. The molecule has 2 amide bonds. The van der Waals surface area contributed by atoms with Crippen LogP contribution >= 0.6 is 0 Å². The maximum absolute atomic E-state index is 13.1. The van der Waals surface area contributed by atoms with Gasteiger partial charge >= 0.3 is 0 Å². The number of hydrogen-bond donors (Lipinski definition) is 0. The van der Waals surface area contributed by atoms with Crippen molar-refractivity contribution in [2.45, 2.75) is 25.4 Å². The second-order valence-corrected chi connectivity index (χ2v) is 7.52. The molecule has 0 unspecified atom stereocenters. The number of likely N-dealkylation sites (tertiary alicyclic amines) is 1. The van der Waals surface area contributed by atoms with Crippen LogP contribution in [0, 0.1) is 0 Å². The van der Waals surface area contributed by atoms with Crippen LogP contribution in [-0.2, 0) is 9.59 Å². The van der Waals surface area contributed by atoms with Gasteiger partial charge in [-0.25, -0.2) is 0 Å². The van der Waals surface area contributed by atoms with E-state index in [1.165, 1.54) is 6.08 Å². The summed E-state index contributed by atoms with van der Waals surface area (Å²) >= 11 is 0. The van der Waals surface area contributed by atoms with Crippen molar-refractivity contribution >= 4 is 23.6 Å². The third-order valence-electron chi connectivity index (χ3n) is 5.50. The Labute approximate surface area is 176 Å². The quantitative estimate of drug-likeness (QED) is 0.729. The van der Waals surface area contributed by atoms with Gasteiger partial charge in [-0.05, 0) is 55.2 Å². The number of para-hydroxylation sites is 2. The second-order valence-electron chi connectivity index (χ2n) is 7.52. The molecule has 0 spiro atoms. The van der Waals surface area contributed by atoms with Gasteiger partial charge in [-0.2, -0.15) is 0 Å². The van der Waals surface area contributed by atoms with E-state index >= 15 is 0 Å². The highest BCUT2D eigenvalue weighted by atomic mass is 16.5. The maximum atomic E-state index is 13.1. The predicted octanol–water partition coefficient (Wildman–Crippen LogP) is 3.52. The van der Waals surface area contributed by atoms with E-state index in [2.05, 4.69) is 0 Å². The summed E-state index contributed by atoms with van der Waals surface area (Å²) in [6.45, 7) is 1.71. The van der Waals surface area contributed by atoms with Gasteiger partial charge in [-0.15, -0.1) is 0 Å². The predicted molar refractivity (Wildman–Crippen MR) is 116 cm³/mol. The number of benzene rings is 2. The molecule has 0 aromatic heterocycles. The monoisotopic (exact) mass is 406 g/mol. The summed E-state index contributed by atoms with van der Waals surface area (Å²) in [6.07, 6.45) is 5.77. The van der Waals surface area contributed by atoms with Gasteiger partial charge < -0.3 is 19.3 Å². The molecule has 4 rings (SSSR count). The summed E-state index contributed by atoms with van der Waals surface area (Å²) in [4.78, 5) is 29.6. The topological polar surface area (TPSA) is 59.1 Å². The van der Waals surface area contributed by atoms with E-state index in [1.807, 2.05) is 47.4 Å². The Kier molecular flexibility index (Phi) is 6.02. The van der Waals surface area contributed by atoms with Crippen LogP contribution in [-0.4, -0.2) is 49.6 Å². The van der Waals surface area contributed by atoms with E-state index in [9.17, 15) is 9.59 Å². The lowest BCUT2D eigenvalue weighted by atomic mass is 10.1. The Morgan fingerprint density at radius 3 is 2.67 bits per heavy atom. The van der Waals surface area contributed by atoms with E-state index < -0.39 is 6.10 Å². The first-order valence-corrected chi connectivity index (χ1v) is 10.3. The number of fused-ring (bicyclic) bond motifs is 1. The number of amides is 2. The zero-order valence-corrected chi connectivity index (χ0v) is 17.1. The number of carbonyl (C=O) groups excluding carboxylic acids is 2. The fourth-order valence-corrected chi connectivity index (χ4v) is 3.89. The molecule has 2 aliphatic rings. The Morgan fingerprint density at radius 2 is 1.87 bits per heavy atom. The largest absolute Gasteiger partial charge is 0.497 e. The number of carbonyl (C=O) groups is 2. The van der Waals surface area contributed by atoms with Crippen LogP contribution in [0.3, 0.4) is 0 Å². The molecule has 0 radical (unpaired) electrons. The summed E-state index contributed by atoms with van der Waals surface area (Å²) < 4.78 is 11.2. The van der Waals surface area contributed by atoms with Crippen LogP contribution in [0.5, 0.6) is 11.5 Å². The molecular formula is C24H26N2O4. The lowest BCUT2D eigenvalue weighted by Gasteiger charge is -2.37. The molecule has 30 heavy (non-hydrogen) atoms. The van der Waals surface area contributed by atoms with Crippen LogP contribution in [0.25, 0.3) is 6.08 Å². The summed E-state index contributed by atoms with van der Waals surface area (Å²) in [5, 5.41) is 0. The molecule has 0 saturated carbocycles. The number of rotatable bonds is 4. The van der Waals surface area contributed by atoms with E-state index in [0.717, 1.165) is 43.7 Å². The molecular weight excluding hydrogens is 380 g/mol. The average molecular weight is 406 g/mol. The van der Waals surface area contributed by atoms with Gasteiger partial charge in [0.05, 0.1) is 19.3 Å². The number of piperidine rings is 1. The smallest absolute Gasteiger partial charge is 0.265 e. The van der Waals surface area contributed by atoms with Crippen molar-refractivity contribution in [1.82, 2.24) is 4.90 Å². The van der Waals surface area contributed by atoms with Gasteiger partial charge in [-0.3, -0.25) is 9.59 Å². The molecule has 1 fully saturated rings. The van der Waals surface area contributed by atoms with Crippen LogP contribution in [0.15, 0.2) is 54.6 Å². The van der Waals surface area contributed by atoms with Crippen molar-refractivity contribution in [1.29, 1.82) is 0 Å². The summed E-state index contributed by atoms with van der Waals surface area (Å²) in [7, 11) is 1.61.